The summed E-state index contributed by atoms with van der Waals surface area (Å²) in [5.41, 5.74) is 1.68. The van der Waals surface area contributed by atoms with E-state index in [0.29, 0.717) is 30.8 Å². The highest BCUT2D eigenvalue weighted by Gasteiger charge is 2.30. The van der Waals surface area contributed by atoms with Crippen molar-refractivity contribution in [3.63, 3.8) is 0 Å². The van der Waals surface area contributed by atoms with E-state index in [4.69, 9.17) is 0 Å². The predicted octanol–water partition coefficient (Wildman–Crippen LogP) is 5.10. The monoisotopic (exact) mass is 486 g/mol. The number of rotatable bonds is 7. The second kappa shape index (κ2) is 9.80. The fourth-order valence-corrected chi connectivity index (χ4v) is 5.69. The van der Waals surface area contributed by atoms with Gasteiger partial charge in [0.1, 0.15) is 5.75 Å². The Morgan fingerprint density at radius 3 is 2.50 bits per heavy atom. The average molecular weight is 487 g/mol. The van der Waals surface area contributed by atoms with E-state index in [1.807, 2.05) is 0 Å². The molecule has 3 aromatic carbocycles. The molecule has 0 bridgehead atoms. The standard InChI is InChI=1S/C25H24F2N2O4S/c1-2-29(20-12-4-3-5-13-20)34(31,32)21-14-6-10-19(17-21)24(30)28-16-8-11-18-9-7-15-22(23(18)28)33-25(26)27/h3-7,9-10,12-15,17,25H,2,8,11,16H2,1H3. The molecule has 34 heavy (non-hydrogen) atoms. The summed E-state index contributed by atoms with van der Waals surface area (Å²) in [5.74, 6) is -0.559. The van der Waals surface area contributed by atoms with E-state index in [1.54, 1.807) is 49.4 Å². The molecule has 0 aromatic heterocycles. The van der Waals surface area contributed by atoms with Gasteiger partial charge < -0.3 is 9.64 Å². The van der Waals surface area contributed by atoms with E-state index in [0.717, 1.165) is 5.56 Å². The zero-order valence-corrected chi connectivity index (χ0v) is 19.3. The molecule has 1 aliphatic heterocycles. The number of hydrogen-bond donors (Lipinski definition) is 0. The van der Waals surface area contributed by atoms with Gasteiger partial charge in [-0.3, -0.25) is 9.10 Å². The molecule has 6 nitrogen and oxygen atoms in total. The van der Waals surface area contributed by atoms with Crippen molar-refractivity contribution >= 4 is 27.3 Å². The van der Waals surface area contributed by atoms with Crippen molar-refractivity contribution in [3.05, 3.63) is 83.9 Å². The van der Waals surface area contributed by atoms with Crippen LogP contribution in [0, 0.1) is 0 Å². The first-order valence-corrected chi connectivity index (χ1v) is 12.3. The van der Waals surface area contributed by atoms with Crippen molar-refractivity contribution in [3.8, 4) is 5.75 Å². The molecule has 0 spiro atoms. The largest absolute Gasteiger partial charge is 0.433 e. The fourth-order valence-electron chi connectivity index (χ4n) is 4.17. The number of carbonyl (C=O) groups is 1. The highest BCUT2D eigenvalue weighted by Crippen LogP contribution is 2.38. The second-order valence-corrected chi connectivity index (χ2v) is 9.60. The topological polar surface area (TPSA) is 66.9 Å². The lowest BCUT2D eigenvalue weighted by molar-refractivity contribution is -0.0495. The van der Waals surface area contributed by atoms with Crippen LogP contribution < -0.4 is 13.9 Å². The average Bonchev–Trinajstić information content (AvgIpc) is 2.84. The molecule has 1 amide bonds. The van der Waals surface area contributed by atoms with Crippen molar-refractivity contribution in [2.45, 2.75) is 31.3 Å². The van der Waals surface area contributed by atoms with Crippen LogP contribution in [0.4, 0.5) is 20.2 Å². The number of para-hydroxylation sites is 2. The molecule has 3 aromatic rings. The van der Waals surface area contributed by atoms with Gasteiger partial charge in [-0.1, -0.05) is 36.4 Å². The third-order valence-electron chi connectivity index (χ3n) is 5.64. The molecule has 0 unspecified atom stereocenters. The van der Waals surface area contributed by atoms with Crippen LogP contribution in [-0.4, -0.2) is 34.0 Å². The number of benzene rings is 3. The number of aryl methyl sites for hydroxylation is 1. The Balaban J connectivity index is 1.71. The van der Waals surface area contributed by atoms with Gasteiger partial charge in [0.05, 0.1) is 16.3 Å². The Kier molecular flexibility index (Phi) is 6.83. The summed E-state index contributed by atoms with van der Waals surface area (Å²) >= 11 is 0. The fraction of sp³-hybridized carbons (Fsp3) is 0.240. The zero-order chi connectivity index (χ0) is 24.3. The maximum absolute atomic E-state index is 13.5. The highest BCUT2D eigenvalue weighted by molar-refractivity contribution is 7.92. The van der Waals surface area contributed by atoms with Crippen LogP contribution in [0.15, 0.2) is 77.7 Å². The van der Waals surface area contributed by atoms with Gasteiger partial charge in [-0.25, -0.2) is 8.42 Å². The minimum absolute atomic E-state index is 0.0293. The van der Waals surface area contributed by atoms with Gasteiger partial charge in [0.2, 0.25) is 0 Å². The van der Waals surface area contributed by atoms with E-state index in [2.05, 4.69) is 4.74 Å². The van der Waals surface area contributed by atoms with E-state index >= 15 is 0 Å². The van der Waals surface area contributed by atoms with E-state index in [1.165, 1.54) is 39.5 Å². The molecular formula is C25H24F2N2O4S. The Morgan fingerprint density at radius 2 is 1.79 bits per heavy atom. The molecule has 4 rings (SSSR count). The normalized spacial score (nSPS) is 13.5. The van der Waals surface area contributed by atoms with E-state index < -0.39 is 22.5 Å². The third-order valence-corrected chi connectivity index (χ3v) is 7.54. The number of amides is 1. The summed E-state index contributed by atoms with van der Waals surface area (Å²) in [7, 11) is -3.94. The summed E-state index contributed by atoms with van der Waals surface area (Å²) in [4.78, 5) is 14.8. The number of ether oxygens (including phenoxy) is 1. The molecule has 0 fully saturated rings. The maximum atomic E-state index is 13.5. The first-order chi connectivity index (χ1) is 16.3. The summed E-state index contributed by atoms with van der Waals surface area (Å²) < 4.78 is 58.7. The number of anilines is 2. The van der Waals surface area contributed by atoms with Gasteiger partial charge in [-0.2, -0.15) is 8.78 Å². The third kappa shape index (κ3) is 4.61. The molecule has 0 aliphatic carbocycles. The van der Waals surface area contributed by atoms with Gasteiger partial charge in [0.15, 0.2) is 0 Å². The molecule has 0 saturated carbocycles. The molecular weight excluding hydrogens is 462 g/mol. The zero-order valence-electron chi connectivity index (χ0n) is 18.5. The molecule has 1 heterocycles. The Bertz CT molecular complexity index is 1280. The van der Waals surface area contributed by atoms with Gasteiger partial charge in [-0.05, 0) is 61.7 Å². The lowest BCUT2D eigenvalue weighted by Gasteiger charge is -2.31. The van der Waals surface area contributed by atoms with Crippen LogP contribution >= 0.6 is 0 Å². The van der Waals surface area contributed by atoms with Gasteiger partial charge in [0.25, 0.3) is 15.9 Å². The predicted molar refractivity (Wildman–Crippen MR) is 126 cm³/mol. The summed E-state index contributed by atoms with van der Waals surface area (Å²) in [6, 6.07) is 19.3. The van der Waals surface area contributed by atoms with Gasteiger partial charge >= 0.3 is 6.61 Å². The second-order valence-electron chi connectivity index (χ2n) is 7.74. The van der Waals surface area contributed by atoms with E-state index in [-0.39, 0.29) is 22.8 Å². The molecule has 178 valence electrons. The first kappa shape index (κ1) is 23.7. The number of halogens is 2. The van der Waals surface area contributed by atoms with Gasteiger partial charge in [-0.15, -0.1) is 0 Å². The van der Waals surface area contributed by atoms with Crippen molar-refractivity contribution in [2.24, 2.45) is 0 Å². The number of hydrogen-bond acceptors (Lipinski definition) is 4. The van der Waals surface area contributed by atoms with Crippen molar-refractivity contribution in [1.82, 2.24) is 0 Å². The summed E-state index contributed by atoms with van der Waals surface area (Å²) in [6.45, 7) is -0.790. The molecule has 0 radical (unpaired) electrons. The summed E-state index contributed by atoms with van der Waals surface area (Å²) in [6.07, 6.45) is 1.27. The number of sulfonamides is 1. The number of carbonyl (C=O) groups excluding carboxylic acids is 1. The van der Waals surface area contributed by atoms with Crippen molar-refractivity contribution in [1.29, 1.82) is 0 Å². The molecule has 1 aliphatic rings. The van der Waals surface area contributed by atoms with Crippen molar-refractivity contribution in [2.75, 3.05) is 22.3 Å². The Morgan fingerprint density at radius 1 is 1.06 bits per heavy atom. The highest BCUT2D eigenvalue weighted by atomic mass is 32.2. The minimum atomic E-state index is -3.94. The van der Waals surface area contributed by atoms with Crippen molar-refractivity contribution < 1.29 is 26.7 Å². The van der Waals surface area contributed by atoms with Crippen LogP contribution in [-0.2, 0) is 16.4 Å². The number of nitrogens with zero attached hydrogens (tertiary/aromatic N) is 2. The Labute approximate surface area is 197 Å². The number of alkyl halides is 2. The molecule has 0 N–H and O–H groups in total. The first-order valence-electron chi connectivity index (χ1n) is 10.9. The smallest absolute Gasteiger partial charge is 0.387 e. The molecule has 9 heteroatoms. The quantitative estimate of drug-likeness (QED) is 0.466. The maximum Gasteiger partial charge on any atom is 0.387 e. The van der Waals surface area contributed by atoms with Crippen LogP contribution in [0.25, 0.3) is 0 Å². The van der Waals surface area contributed by atoms with Crippen LogP contribution in [0.2, 0.25) is 0 Å². The van der Waals surface area contributed by atoms with E-state index in [9.17, 15) is 22.0 Å². The summed E-state index contributed by atoms with van der Waals surface area (Å²) in [5, 5.41) is 0. The molecule has 0 atom stereocenters. The van der Waals surface area contributed by atoms with Crippen LogP contribution in [0.3, 0.4) is 0 Å². The minimum Gasteiger partial charge on any atom is -0.433 e. The van der Waals surface area contributed by atoms with Gasteiger partial charge in [0, 0.05) is 18.7 Å². The SMILES string of the molecule is CCN(c1ccccc1)S(=O)(=O)c1cccc(C(=O)N2CCCc3cccc(OC(F)F)c32)c1. The molecule has 0 saturated heterocycles. The van der Waals surface area contributed by atoms with Crippen LogP contribution in [0.5, 0.6) is 5.75 Å². The lowest BCUT2D eigenvalue weighted by Crippen LogP contribution is -2.36. The number of fused-ring (bicyclic) bond motifs is 1. The van der Waals surface area contributed by atoms with Crippen LogP contribution in [0.1, 0.15) is 29.3 Å². The lowest BCUT2D eigenvalue weighted by atomic mass is 10.00. The Hall–Kier alpha value is -3.46.